The predicted molar refractivity (Wildman–Crippen MR) is 80.3 cm³/mol. The fourth-order valence-corrected chi connectivity index (χ4v) is 1.85. The van der Waals surface area contributed by atoms with Crippen LogP contribution in [0.15, 0.2) is 18.2 Å². The van der Waals surface area contributed by atoms with Crippen LogP contribution in [-0.4, -0.2) is 26.2 Å². The highest BCUT2D eigenvalue weighted by Crippen LogP contribution is 2.30. The monoisotopic (exact) mass is 280 g/mol. The zero-order valence-electron chi connectivity index (χ0n) is 12.3. The van der Waals surface area contributed by atoms with Crippen LogP contribution >= 0.6 is 0 Å². The van der Waals surface area contributed by atoms with Gasteiger partial charge in [0.05, 0.1) is 13.7 Å². The number of benzene rings is 1. The van der Waals surface area contributed by atoms with Crippen molar-refractivity contribution in [1.82, 2.24) is 0 Å². The Kier molecular flexibility index (Phi) is 7.50. The van der Waals surface area contributed by atoms with Crippen molar-refractivity contribution >= 4 is 11.6 Å². The van der Waals surface area contributed by atoms with Crippen molar-refractivity contribution in [2.45, 2.75) is 32.6 Å². The fraction of sp³-hybridized carbons (Fsp3) is 0.533. The number of ether oxygens (including phenoxy) is 2. The third kappa shape index (κ3) is 5.48. The molecule has 0 aromatic heterocycles. The molecule has 0 heterocycles. The van der Waals surface area contributed by atoms with E-state index >= 15 is 0 Å². The van der Waals surface area contributed by atoms with E-state index in [1.165, 1.54) is 0 Å². The van der Waals surface area contributed by atoms with Crippen LogP contribution in [0.4, 0.5) is 5.69 Å². The maximum absolute atomic E-state index is 11.8. The van der Waals surface area contributed by atoms with Crippen molar-refractivity contribution < 1.29 is 14.3 Å². The Balaban J connectivity index is 2.52. The molecule has 5 nitrogen and oxygen atoms in total. The Hall–Kier alpha value is -1.75. The fourth-order valence-electron chi connectivity index (χ4n) is 1.85. The number of unbranched alkanes of at least 4 members (excludes halogenated alkanes) is 2. The molecule has 0 unspecified atom stereocenters. The molecular formula is C15H24N2O3. The summed E-state index contributed by atoms with van der Waals surface area (Å²) < 4.78 is 10.7. The highest BCUT2D eigenvalue weighted by atomic mass is 16.5. The molecule has 3 N–H and O–H groups in total. The SMILES string of the molecule is CCOc1ccc(NC(=O)CCCCCN)cc1OC. The van der Waals surface area contributed by atoms with Gasteiger partial charge in [-0.05, 0) is 38.4 Å². The van der Waals surface area contributed by atoms with Crippen LogP contribution in [0.2, 0.25) is 0 Å². The summed E-state index contributed by atoms with van der Waals surface area (Å²) in [5, 5.41) is 2.86. The Morgan fingerprint density at radius 3 is 2.70 bits per heavy atom. The molecule has 0 atom stereocenters. The summed E-state index contributed by atoms with van der Waals surface area (Å²) >= 11 is 0. The first kappa shape index (κ1) is 16.3. The zero-order valence-corrected chi connectivity index (χ0v) is 12.3. The second-order valence-electron chi connectivity index (χ2n) is 4.45. The summed E-state index contributed by atoms with van der Waals surface area (Å²) in [5.74, 6) is 1.30. The lowest BCUT2D eigenvalue weighted by Crippen LogP contribution is -2.11. The Morgan fingerprint density at radius 2 is 2.05 bits per heavy atom. The van der Waals surface area contributed by atoms with E-state index in [4.69, 9.17) is 15.2 Å². The largest absolute Gasteiger partial charge is 0.493 e. The molecule has 0 aliphatic rings. The van der Waals surface area contributed by atoms with Gasteiger partial charge >= 0.3 is 0 Å². The lowest BCUT2D eigenvalue weighted by atomic mass is 10.2. The summed E-state index contributed by atoms with van der Waals surface area (Å²) in [6.45, 7) is 3.16. The van der Waals surface area contributed by atoms with Crippen LogP contribution in [0.1, 0.15) is 32.6 Å². The molecule has 0 spiro atoms. The van der Waals surface area contributed by atoms with Gasteiger partial charge in [-0.15, -0.1) is 0 Å². The van der Waals surface area contributed by atoms with E-state index in [2.05, 4.69) is 5.32 Å². The Morgan fingerprint density at radius 1 is 1.25 bits per heavy atom. The minimum atomic E-state index is 0.00762. The van der Waals surface area contributed by atoms with Crippen LogP contribution in [-0.2, 0) is 4.79 Å². The molecule has 0 bridgehead atoms. The third-order valence-electron chi connectivity index (χ3n) is 2.86. The number of nitrogens with one attached hydrogen (secondary N) is 1. The topological polar surface area (TPSA) is 73.6 Å². The van der Waals surface area contributed by atoms with Crippen molar-refractivity contribution in [2.75, 3.05) is 25.6 Å². The Bertz CT molecular complexity index is 422. The number of hydrogen-bond acceptors (Lipinski definition) is 4. The van der Waals surface area contributed by atoms with E-state index in [-0.39, 0.29) is 5.91 Å². The van der Waals surface area contributed by atoms with Crippen molar-refractivity contribution in [3.63, 3.8) is 0 Å². The minimum absolute atomic E-state index is 0.00762. The number of carbonyl (C=O) groups is 1. The molecule has 5 heteroatoms. The van der Waals surface area contributed by atoms with E-state index in [1.807, 2.05) is 13.0 Å². The quantitative estimate of drug-likeness (QED) is 0.682. The standard InChI is InChI=1S/C15H24N2O3/c1-3-20-13-9-8-12(11-14(13)19-2)17-15(18)7-5-4-6-10-16/h8-9,11H,3-7,10,16H2,1-2H3,(H,17,18). The second-order valence-corrected chi connectivity index (χ2v) is 4.45. The van der Waals surface area contributed by atoms with Crippen LogP contribution in [0, 0.1) is 0 Å². The highest BCUT2D eigenvalue weighted by molar-refractivity contribution is 5.91. The maximum Gasteiger partial charge on any atom is 0.224 e. The summed E-state index contributed by atoms with van der Waals surface area (Å²) in [5.41, 5.74) is 6.13. The van der Waals surface area contributed by atoms with E-state index in [9.17, 15) is 4.79 Å². The molecule has 0 aliphatic carbocycles. The lowest BCUT2D eigenvalue weighted by molar-refractivity contribution is -0.116. The molecule has 20 heavy (non-hydrogen) atoms. The molecule has 0 saturated carbocycles. The third-order valence-corrected chi connectivity index (χ3v) is 2.86. The van der Waals surface area contributed by atoms with Gasteiger partial charge in [-0.2, -0.15) is 0 Å². The summed E-state index contributed by atoms with van der Waals surface area (Å²) in [7, 11) is 1.58. The zero-order chi connectivity index (χ0) is 14.8. The van der Waals surface area contributed by atoms with Gasteiger partial charge in [0.15, 0.2) is 11.5 Å². The first-order valence-corrected chi connectivity index (χ1v) is 7.02. The molecule has 112 valence electrons. The van der Waals surface area contributed by atoms with E-state index in [0.717, 1.165) is 19.3 Å². The van der Waals surface area contributed by atoms with E-state index in [1.54, 1.807) is 19.2 Å². The number of hydrogen-bond donors (Lipinski definition) is 2. The average molecular weight is 280 g/mol. The van der Waals surface area contributed by atoms with Crippen molar-refractivity contribution in [3.8, 4) is 11.5 Å². The number of nitrogens with two attached hydrogens (primary N) is 1. The van der Waals surface area contributed by atoms with E-state index < -0.39 is 0 Å². The van der Waals surface area contributed by atoms with Gasteiger partial charge in [0, 0.05) is 18.2 Å². The van der Waals surface area contributed by atoms with Crippen LogP contribution in [0.3, 0.4) is 0 Å². The highest BCUT2D eigenvalue weighted by Gasteiger charge is 2.07. The molecule has 0 aliphatic heterocycles. The summed E-state index contributed by atoms with van der Waals surface area (Å²) in [4.78, 5) is 11.8. The lowest BCUT2D eigenvalue weighted by Gasteiger charge is -2.11. The molecular weight excluding hydrogens is 256 g/mol. The number of anilines is 1. The van der Waals surface area contributed by atoms with Crippen LogP contribution in [0.25, 0.3) is 0 Å². The molecule has 0 saturated heterocycles. The normalized spacial score (nSPS) is 10.2. The number of rotatable bonds is 9. The summed E-state index contributed by atoms with van der Waals surface area (Å²) in [6, 6.07) is 5.38. The first-order chi connectivity index (χ1) is 9.71. The van der Waals surface area contributed by atoms with Gasteiger partial charge in [0.25, 0.3) is 0 Å². The van der Waals surface area contributed by atoms with Gasteiger partial charge in [-0.3, -0.25) is 4.79 Å². The molecule has 1 aromatic rings. The second kappa shape index (κ2) is 9.20. The molecule has 0 radical (unpaired) electrons. The van der Waals surface area contributed by atoms with Gasteiger partial charge in [0.1, 0.15) is 0 Å². The first-order valence-electron chi connectivity index (χ1n) is 7.02. The maximum atomic E-state index is 11.8. The summed E-state index contributed by atoms with van der Waals surface area (Å²) in [6.07, 6.45) is 3.31. The Labute approximate surface area is 120 Å². The van der Waals surface area contributed by atoms with Gasteiger partial charge in [-0.1, -0.05) is 6.42 Å². The molecule has 1 rings (SSSR count). The number of amides is 1. The van der Waals surface area contributed by atoms with Crippen molar-refractivity contribution in [1.29, 1.82) is 0 Å². The average Bonchev–Trinajstić information content (AvgIpc) is 2.45. The van der Waals surface area contributed by atoms with Crippen molar-refractivity contribution in [3.05, 3.63) is 18.2 Å². The predicted octanol–water partition coefficient (Wildman–Crippen LogP) is 2.55. The number of carbonyl (C=O) groups excluding carboxylic acids is 1. The van der Waals surface area contributed by atoms with Crippen molar-refractivity contribution in [2.24, 2.45) is 5.73 Å². The van der Waals surface area contributed by atoms with Gasteiger partial charge in [0.2, 0.25) is 5.91 Å². The number of methoxy groups -OCH3 is 1. The van der Waals surface area contributed by atoms with Crippen LogP contribution in [0.5, 0.6) is 11.5 Å². The smallest absolute Gasteiger partial charge is 0.224 e. The molecule has 1 amide bonds. The molecule has 1 aromatic carbocycles. The van der Waals surface area contributed by atoms with E-state index in [0.29, 0.717) is 36.8 Å². The van der Waals surface area contributed by atoms with Crippen LogP contribution < -0.4 is 20.5 Å². The van der Waals surface area contributed by atoms with Gasteiger partial charge < -0.3 is 20.5 Å². The molecule has 0 fully saturated rings. The minimum Gasteiger partial charge on any atom is -0.493 e. The van der Waals surface area contributed by atoms with Gasteiger partial charge in [-0.25, -0.2) is 0 Å².